The summed E-state index contributed by atoms with van der Waals surface area (Å²) in [6.07, 6.45) is 0. The number of nitro groups is 1. The number of nitrogens with one attached hydrogen (secondary N) is 3. The molecule has 0 unspecified atom stereocenters. The Morgan fingerprint density at radius 1 is 1.00 bits per heavy atom. The lowest BCUT2D eigenvalue weighted by Gasteiger charge is -2.12. The van der Waals surface area contributed by atoms with Crippen LogP contribution < -0.4 is 16.0 Å². The molecule has 0 fully saturated rings. The van der Waals surface area contributed by atoms with Gasteiger partial charge in [0.1, 0.15) is 5.69 Å². The zero-order chi connectivity index (χ0) is 25.4. The third-order valence-electron chi connectivity index (χ3n) is 5.01. The SMILES string of the molecule is CN(C)CC(=O)Nc1cccc(CNC(=O)c2ccc(NCc3ccccc3Cl)c([N+](=O)[O-])c2)c1. The number of anilines is 2. The molecule has 0 aliphatic carbocycles. The molecule has 0 spiro atoms. The highest BCUT2D eigenvalue weighted by molar-refractivity contribution is 6.31. The van der Waals surface area contributed by atoms with E-state index in [2.05, 4.69) is 16.0 Å². The summed E-state index contributed by atoms with van der Waals surface area (Å²) in [6, 6.07) is 18.6. The number of hydrogen-bond donors (Lipinski definition) is 3. The lowest BCUT2D eigenvalue weighted by atomic mass is 10.1. The molecule has 182 valence electrons. The van der Waals surface area contributed by atoms with E-state index in [-0.39, 0.29) is 35.9 Å². The van der Waals surface area contributed by atoms with Crippen LogP contribution >= 0.6 is 11.6 Å². The van der Waals surface area contributed by atoms with E-state index in [1.807, 2.05) is 18.2 Å². The van der Waals surface area contributed by atoms with E-state index in [4.69, 9.17) is 11.6 Å². The summed E-state index contributed by atoms with van der Waals surface area (Å²) < 4.78 is 0. The molecule has 10 heteroatoms. The highest BCUT2D eigenvalue weighted by atomic mass is 35.5. The largest absolute Gasteiger partial charge is 0.375 e. The Labute approximate surface area is 208 Å². The standard InChI is InChI=1S/C25H26ClN5O4/c1-30(2)16-24(32)29-20-8-5-6-17(12-20)14-28-25(33)18-10-11-22(23(13-18)31(34)35)27-15-19-7-3-4-9-21(19)26/h3-13,27H,14-16H2,1-2H3,(H,28,33)(H,29,32). The van der Waals surface area contributed by atoms with Crippen molar-refractivity contribution in [2.24, 2.45) is 0 Å². The first kappa shape index (κ1) is 25.7. The molecule has 0 saturated heterocycles. The molecule has 0 heterocycles. The summed E-state index contributed by atoms with van der Waals surface area (Å²) in [5.74, 6) is -0.598. The van der Waals surface area contributed by atoms with Crippen molar-refractivity contribution in [3.8, 4) is 0 Å². The van der Waals surface area contributed by atoms with Crippen molar-refractivity contribution in [2.45, 2.75) is 13.1 Å². The molecule has 2 amide bonds. The topological polar surface area (TPSA) is 117 Å². The smallest absolute Gasteiger partial charge is 0.293 e. The predicted octanol–water partition coefficient (Wildman–Crippen LogP) is 4.29. The summed E-state index contributed by atoms with van der Waals surface area (Å²) >= 11 is 6.15. The van der Waals surface area contributed by atoms with Crippen LogP contribution in [0.15, 0.2) is 66.7 Å². The van der Waals surface area contributed by atoms with Gasteiger partial charge >= 0.3 is 0 Å². The molecular weight excluding hydrogens is 470 g/mol. The average molecular weight is 496 g/mol. The van der Waals surface area contributed by atoms with Gasteiger partial charge in [-0.3, -0.25) is 19.7 Å². The third kappa shape index (κ3) is 7.53. The zero-order valence-electron chi connectivity index (χ0n) is 19.4. The number of halogens is 1. The van der Waals surface area contributed by atoms with Crippen molar-refractivity contribution in [1.29, 1.82) is 0 Å². The number of hydrogen-bond acceptors (Lipinski definition) is 6. The average Bonchev–Trinajstić information content (AvgIpc) is 2.81. The van der Waals surface area contributed by atoms with Crippen LogP contribution in [-0.4, -0.2) is 42.3 Å². The van der Waals surface area contributed by atoms with E-state index >= 15 is 0 Å². The van der Waals surface area contributed by atoms with Gasteiger partial charge in [0.15, 0.2) is 0 Å². The first-order valence-corrected chi connectivity index (χ1v) is 11.2. The van der Waals surface area contributed by atoms with Gasteiger partial charge in [0, 0.05) is 35.4 Å². The maximum absolute atomic E-state index is 12.7. The first-order valence-electron chi connectivity index (χ1n) is 10.8. The van der Waals surface area contributed by atoms with E-state index < -0.39 is 10.8 Å². The summed E-state index contributed by atoms with van der Waals surface area (Å²) in [4.78, 5) is 37.5. The number of carbonyl (C=O) groups excluding carboxylic acids is 2. The lowest BCUT2D eigenvalue weighted by molar-refractivity contribution is -0.384. The van der Waals surface area contributed by atoms with Gasteiger partial charge in [0.05, 0.1) is 11.5 Å². The minimum atomic E-state index is -0.536. The van der Waals surface area contributed by atoms with Gasteiger partial charge in [0.2, 0.25) is 5.91 Å². The monoisotopic (exact) mass is 495 g/mol. The summed E-state index contributed by atoms with van der Waals surface area (Å²) in [5.41, 5.74) is 2.42. The van der Waals surface area contributed by atoms with E-state index in [0.29, 0.717) is 17.3 Å². The van der Waals surface area contributed by atoms with Crippen LogP contribution in [0, 0.1) is 10.1 Å². The van der Waals surface area contributed by atoms with Crippen molar-refractivity contribution in [3.05, 3.63) is 98.6 Å². The van der Waals surface area contributed by atoms with Crippen molar-refractivity contribution in [2.75, 3.05) is 31.3 Å². The molecule has 35 heavy (non-hydrogen) atoms. The van der Waals surface area contributed by atoms with Gasteiger partial charge in [-0.1, -0.05) is 41.9 Å². The molecule has 3 aromatic rings. The number of nitrogens with zero attached hydrogens (tertiary/aromatic N) is 2. The second-order valence-corrected chi connectivity index (χ2v) is 8.51. The second-order valence-electron chi connectivity index (χ2n) is 8.10. The van der Waals surface area contributed by atoms with Gasteiger partial charge in [-0.15, -0.1) is 0 Å². The van der Waals surface area contributed by atoms with Crippen LogP contribution in [0.4, 0.5) is 17.1 Å². The molecule has 3 rings (SSSR count). The molecule has 0 atom stereocenters. The second kappa shape index (κ2) is 12.0. The van der Waals surface area contributed by atoms with Crippen LogP contribution in [0.1, 0.15) is 21.5 Å². The van der Waals surface area contributed by atoms with Crippen LogP contribution in [0.2, 0.25) is 5.02 Å². The number of amides is 2. The number of rotatable bonds is 10. The molecule has 0 bridgehead atoms. The minimum absolute atomic E-state index is 0.147. The molecule has 0 aliphatic heterocycles. The Balaban J connectivity index is 1.65. The zero-order valence-corrected chi connectivity index (χ0v) is 20.1. The minimum Gasteiger partial charge on any atom is -0.375 e. The van der Waals surface area contributed by atoms with E-state index in [0.717, 1.165) is 11.1 Å². The predicted molar refractivity (Wildman–Crippen MR) is 137 cm³/mol. The van der Waals surface area contributed by atoms with Crippen molar-refractivity contribution >= 4 is 40.5 Å². The number of benzene rings is 3. The van der Waals surface area contributed by atoms with Gasteiger partial charge < -0.3 is 20.9 Å². The quantitative estimate of drug-likeness (QED) is 0.285. The molecule has 9 nitrogen and oxygen atoms in total. The van der Waals surface area contributed by atoms with Crippen LogP contribution in [0.25, 0.3) is 0 Å². The molecular formula is C25H26ClN5O4. The third-order valence-corrected chi connectivity index (χ3v) is 5.38. The lowest BCUT2D eigenvalue weighted by Crippen LogP contribution is -2.27. The normalized spacial score (nSPS) is 10.6. The fourth-order valence-electron chi connectivity index (χ4n) is 3.34. The highest BCUT2D eigenvalue weighted by Gasteiger charge is 2.18. The maximum Gasteiger partial charge on any atom is 0.293 e. The highest BCUT2D eigenvalue weighted by Crippen LogP contribution is 2.27. The molecule has 3 aromatic carbocycles. The van der Waals surface area contributed by atoms with Crippen LogP contribution in [0.5, 0.6) is 0 Å². The number of carbonyl (C=O) groups is 2. The Bertz CT molecular complexity index is 1230. The fourth-order valence-corrected chi connectivity index (χ4v) is 3.54. The first-order chi connectivity index (χ1) is 16.7. The number of nitro benzene ring substituents is 1. The van der Waals surface area contributed by atoms with E-state index in [1.165, 1.54) is 18.2 Å². The maximum atomic E-state index is 12.7. The van der Waals surface area contributed by atoms with Crippen molar-refractivity contribution < 1.29 is 14.5 Å². The Morgan fingerprint density at radius 3 is 2.49 bits per heavy atom. The van der Waals surface area contributed by atoms with Gasteiger partial charge in [-0.2, -0.15) is 0 Å². The number of likely N-dealkylation sites (N-methyl/N-ethyl adjacent to an activating group) is 1. The molecule has 0 aliphatic rings. The molecule has 0 aromatic heterocycles. The van der Waals surface area contributed by atoms with Crippen LogP contribution in [0.3, 0.4) is 0 Å². The van der Waals surface area contributed by atoms with E-state index in [9.17, 15) is 19.7 Å². The summed E-state index contributed by atoms with van der Waals surface area (Å²) in [7, 11) is 3.61. The molecule has 0 radical (unpaired) electrons. The summed E-state index contributed by atoms with van der Waals surface area (Å²) in [5, 5.41) is 20.7. The van der Waals surface area contributed by atoms with Gasteiger partial charge in [-0.05, 0) is 55.6 Å². The molecule has 3 N–H and O–H groups in total. The fraction of sp³-hybridized carbons (Fsp3) is 0.200. The van der Waals surface area contributed by atoms with Crippen LogP contribution in [-0.2, 0) is 17.9 Å². The van der Waals surface area contributed by atoms with Crippen molar-refractivity contribution in [1.82, 2.24) is 10.2 Å². The van der Waals surface area contributed by atoms with Gasteiger partial charge in [0.25, 0.3) is 11.6 Å². The molecule has 0 saturated carbocycles. The van der Waals surface area contributed by atoms with Crippen molar-refractivity contribution in [3.63, 3.8) is 0 Å². The Morgan fingerprint density at radius 2 is 1.77 bits per heavy atom. The Hall–Kier alpha value is -3.95. The summed E-state index contributed by atoms with van der Waals surface area (Å²) in [6.45, 7) is 0.743. The van der Waals surface area contributed by atoms with E-state index in [1.54, 1.807) is 49.3 Å². The van der Waals surface area contributed by atoms with Gasteiger partial charge in [-0.25, -0.2) is 0 Å². The Kier molecular flexibility index (Phi) is 8.77.